The molecule has 6 nitrogen and oxygen atoms in total. The number of morpholine rings is 1. The van der Waals surface area contributed by atoms with E-state index in [1.54, 1.807) is 22.4 Å². The van der Waals surface area contributed by atoms with E-state index in [9.17, 15) is 13.2 Å². The third-order valence-corrected chi connectivity index (χ3v) is 8.51. The van der Waals surface area contributed by atoms with Crippen LogP contribution in [0.4, 0.5) is 0 Å². The number of thiophene rings is 1. The number of hydrogen-bond acceptors (Lipinski definition) is 5. The van der Waals surface area contributed by atoms with E-state index in [1.165, 1.54) is 15.6 Å². The zero-order chi connectivity index (χ0) is 19.9. The quantitative estimate of drug-likeness (QED) is 0.765. The molecule has 2 aliphatic rings. The van der Waals surface area contributed by atoms with Crippen LogP contribution in [0.2, 0.25) is 0 Å². The van der Waals surface area contributed by atoms with Crippen molar-refractivity contribution >= 4 is 27.3 Å². The van der Waals surface area contributed by atoms with Crippen molar-refractivity contribution in [3.63, 3.8) is 0 Å². The summed E-state index contributed by atoms with van der Waals surface area (Å²) < 4.78 is 34.0. The molecule has 0 aliphatic carbocycles. The summed E-state index contributed by atoms with van der Waals surface area (Å²) >= 11 is 1.18. The molecule has 2 aromatic rings. The fourth-order valence-electron chi connectivity index (χ4n) is 4.06. The Bertz CT molecular complexity index is 948. The van der Waals surface area contributed by atoms with E-state index in [0.717, 1.165) is 11.1 Å². The highest BCUT2D eigenvalue weighted by molar-refractivity contribution is 7.91. The van der Waals surface area contributed by atoms with Crippen molar-refractivity contribution in [1.82, 2.24) is 9.21 Å². The van der Waals surface area contributed by atoms with Gasteiger partial charge in [0.05, 0.1) is 12.2 Å². The summed E-state index contributed by atoms with van der Waals surface area (Å²) in [5.74, 6) is -0.142. The van der Waals surface area contributed by atoms with Crippen LogP contribution in [-0.2, 0) is 32.5 Å². The van der Waals surface area contributed by atoms with Crippen LogP contribution in [0.3, 0.4) is 0 Å². The van der Waals surface area contributed by atoms with Gasteiger partial charge in [-0.3, -0.25) is 4.79 Å². The lowest BCUT2D eigenvalue weighted by molar-refractivity contribution is -0.147. The predicted octanol–water partition coefficient (Wildman–Crippen LogP) is 2.50. The molecule has 3 atom stereocenters. The SMILES string of the molecule is C[C@@H]1CN(C(=O)[C@@H]2Cc3ccccc3CN2S(=O)(=O)c2cccs2)C[C@H](C)O1. The normalized spacial score (nSPS) is 26.1. The second-order valence-corrected chi connectivity index (χ2v) is 10.5. The van der Waals surface area contributed by atoms with Gasteiger partial charge >= 0.3 is 0 Å². The number of fused-ring (bicyclic) bond motifs is 1. The fraction of sp³-hybridized carbons (Fsp3) is 0.450. The van der Waals surface area contributed by atoms with E-state index in [4.69, 9.17) is 4.74 Å². The predicted molar refractivity (Wildman–Crippen MR) is 108 cm³/mol. The first-order valence-electron chi connectivity index (χ1n) is 9.42. The topological polar surface area (TPSA) is 66.9 Å². The monoisotopic (exact) mass is 420 g/mol. The molecule has 0 radical (unpaired) electrons. The lowest BCUT2D eigenvalue weighted by atomic mass is 9.95. The van der Waals surface area contributed by atoms with Crippen molar-refractivity contribution < 1.29 is 17.9 Å². The van der Waals surface area contributed by atoms with Crippen LogP contribution in [0.5, 0.6) is 0 Å². The zero-order valence-corrected chi connectivity index (χ0v) is 17.6. The maximum absolute atomic E-state index is 13.4. The van der Waals surface area contributed by atoms with Crippen LogP contribution in [0.15, 0.2) is 46.0 Å². The Morgan fingerprint density at radius 1 is 1.07 bits per heavy atom. The van der Waals surface area contributed by atoms with Gasteiger partial charge in [0.2, 0.25) is 5.91 Å². The summed E-state index contributed by atoms with van der Waals surface area (Å²) in [4.78, 5) is 15.2. The minimum Gasteiger partial charge on any atom is -0.372 e. The molecule has 4 rings (SSSR count). The lowest BCUT2D eigenvalue weighted by Gasteiger charge is -2.41. The first kappa shape index (κ1) is 19.6. The lowest BCUT2D eigenvalue weighted by Crippen LogP contribution is -2.57. The number of carbonyl (C=O) groups excluding carboxylic acids is 1. The van der Waals surface area contributed by atoms with Gasteiger partial charge in [-0.05, 0) is 42.8 Å². The molecular formula is C20H24N2O4S2. The molecule has 0 bridgehead atoms. The molecular weight excluding hydrogens is 396 g/mol. The van der Waals surface area contributed by atoms with Gasteiger partial charge in [-0.25, -0.2) is 8.42 Å². The number of ether oxygens (including phenoxy) is 1. The number of amides is 1. The Hall–Kier alpha value is -1.74. The van der Waals surface area contributed by atoms with Crippen LogP contribution < -0.4 is 0 Å². The Morgan fingerprint density at radius 2 is 1.75 bits per heavy atom. The zero-order valence-electron chi connectivity index (χ0n) is 15.9. The maximum atomic E-state index is 13.4. The summed E-state index contributed by atoms with van der Waals surface area (Å²) in [6.07, 6.45) is 0.261. The molecule has 1 aromatic carbocycles. The Morgan fingerprint density at radius 3 is 2.39 bits per heavy atom. The van der Waals surface area contributed by atoms with Crippen molar-refractivity contribution in [2.75, 3.05) is 13.1 Å². The molecule has 0 N–H and O–H groups in total. The van der Waals surface area contributed by atoms with Crippen molar-refractivity contribution in [3.8, 4) is 0 Å². The maximum Gasteiger partial charge on any atom is 0.253 e. The standard InChI is InChI=1S/C20H24N2O4S2/c1-14-11-21(12-15(2)26-14)20(23)18-10-16-6-3-4-7-17(16)13-22(18)28(24,25)19-8-5-9-27-19/h3-9,14-15,18H,10-13H2,1-2H3/t14-,15+,18-/m0/s1. The number of carbonyl (C=O) groups is 1. The number of nitrogens with zero attached hydrogens (tertiary/aromatic N) is 2. The summed E-state index contributed by atoms with van der Waals surface area (Å²) in [6, 6.07) is 10.3. The molecule has 0 saturated carbocycles. The molecule has 2 aliphatic heterocycles. The summed E-state index contributed by atoms with van der Waals surface area (Å²) in [5, 5.41) is 1.74. The fourth-order valence-corrected chi connectivity index (χ4v) is 6.74. The largest absolute Gasteiger partial charge is 0.372 e. The third kappa shape index (κ3) is 3.61. The number of hydrogen-bond donors (Lipinski definition) is 0. The molecule has 1 aromatic heterocycles. The van der Waals surface area contributed by atoms with Crippen LogP contribution in [0.1, 0.15) is 25.0 Å². The van der Waals surface area contributed by atoms with Gasteiger partial charge in [-0.1, -0.05) is 30.3 Å². The minimum absolute atomic E-state index is 0.0640. The van der Waals surface area contributed by atoms with Gasteiger partial charge in [0, 0.05) is 19.6 Å². The number of sulfonamides is 1. The van der Waals surface area contributed by atoms with Gasteiger partial charge in [0.25, 0.3) is 10.0 Å². The first-order chi connectivity index (χ1) is 13.4. The second kappa shape index (κ2) is 7.59. The molecule has 1 saturated heterocycles. The van der Waals surface area contributed by atoms with Crippen molar-refractivity contribution in [3.05, 3.63) is 52.9 Å². The molecule has 3 heterocycles. The third-order valence-electron chi connectivity index (χ3n) is 5.28. The average molecular weight is 421 g/mol. The Labute approximate surface area is 169 Å². The van der Waals surface area contributed by atoms with E-state index < -0.39 is 16.1 Å². The minimum atomic E-state index is -3.75. The summed E-state index contributed by atoms with van der Waals surface area (Å²) in [7, 11) is -3.75. The van der Waals surface area contributed by atoms with Gasteiger partial charge in [-0.2, -0.15) is 4.31 Å². The van der Waals surface area contributed by atoms with E-state index in [1.807, 2.05) is 38.1 Å². The molecule has 1 amide bonds. The van der Waals surface area contributed by atoms with Crippen molar-refractivity contribution in [2.45, 2.75) is 49.3 Å². The van der Waals surface area contributed by atoms with Gasteiger partial charge in [-0.15, -0.1) is 11.3 Å². The molecule has 8 heteroatoms. The van der Waals surface area contributed by atoms with Crippen LogP contribution in [0, 0.1) is 0 Å². The van der Waals surface area contributed by atoms with E-state index in [2.05, 4.69) is 0 Å². The number of rotatable bonds is 3. The van der Waals surface area contributed by atoms with Crippen LogP contribution >= 0.6 is 11.3 Å². The van der Waals surface area contributed by atoms with Crippen LogP contribution in [0.25, 0.3) is 0 Å². The smallest absolute Gasteiger partial charge is 0.253 e. The first-order valence-corrected chi connectivity index (χ1v) is 11.7. The molecule has 1 fully saturated rings. The average Bonchev–Trinajstić information content (AvgIpc) is 3.21. The molecule has 0 spiro atoms. The van der Waals surface area contributed by atoms with E-state index >= 15 is 0 Å². The van der Waals surface area contributed by atoms with Gasteiger partial charge in [0.1, 0.15) is 10.3 Å². The molecule has 0 unspecified atom stereocenters. The van der Waals surface area contributed by atoms with E-state index in [0.29, 0.717) is 19.5 Å². The van der Waals surface area contributed by atoms with Crippen molar-refractivity contribution in [1.29, 1.82) is 0 Å². The highest BCUT2D eigenvalue weighted by Gasteiger charge is 2.42. The summed E-state index contributed by atoms with van der Waals surface area (Å²) in [6.45, 7) is 5.04. The Kier molecular flexibility index (Phi) is 5.30. The van der Waals surface area contributed by atoms with E-state index in [-0.39, 0.29) is 28.9 Å². The summed E-state index contributed by atoms with van der Waals surface area (Å²) in [5.41, 5.74) is 1.99. The number of benzene rings is 1. The van der Waals surface area contributed by atoms with Crippen molar-refractivity contribution in [2.24, 2.45) is 0 Å². The highest BCUT2D eigenvalue weighted by atomic mass is 32.2. The Balaban J connectivity index is 1.71. The van der Waals surface area contributed by atoms with Crippen LogP contribution in [-0.4, -0.2) is 54.9 Å². The van der Waals surface area contributed by atoms with Gasteiger partial charge in [0.15, 0.2) is 0 Å². The van der Waals surface area contributed by atoms with Gasteiger partial charge < -0.3 is 9.64 Å². The second-order valence-electron chi connectivity index (χ2n) is 7.47. The molecule has 28 heavy (non-hydrogen) atoms. The highest BCUT2D eigenvalue weighted by Crippen LogP contribution is 2.32. The molecule has 150 valence electrons.